The second-order valence-corrected chi connectivity index (χ2v) is 6.60. The van der Waals surface area contributed by atoms with E-state index >= 15 is 0 Å². The van der Waals surface area contributed by atoms with Gasteiger partial charge >= 0.3 is 0 Å². The maximum absolute atomic E-state index is 5.36. The van der Waals surface area contributed by atoms with Crippen LogP contribution in [0.15, 0.2) is 0 Å². The summed E-state index contributed by atoms with van der Waals surface area (Å²) in [6, 6.07) is 1.90. The van der Waals surface area contributed by atoms with E-state index in [9.17, 15) is 0 Å². The molecule has 1 aliphatic heterocycles. The van der Waals surface area contributed by atoms with Crippen molar-refractivity contribution in [3.8, 4) is 0 Å². The van der Waals surface area contributed by atoms with E-state index in [1.165, 1.54) is 51.6 Å². The van der Waals surface area contributed by atoms with Crippen LogP contribution in [0.1, 0.15) is 52.4 Å². The Labute approximate surface area is 119 Å². The highest BCUT2D eigenvalue weighted by molar-refractivity contribution is 4.88. The second-order valence-electron chi connectivity index (χ2n) is 6.60. The zero-order valence-electron chi connectivity index (χ0n) is 13.0. The molecule has 1 aliphatic carbocycles. The second kappa shape index (κ2) is 7.61. The van der Waals surface area contributed by atoms with E-state index in [4.69, 9.17) is 4.74 Å². The average molecular weight is 268 g/mol. The van der Waals surface area contributed by atoms with Gasteiger partial charge < -0.3 is 10.1 Å². The van der Waals surface area contributed by atoms with E-state index in [0.29, 0.717) is 18.1 Å². The average Bonchev–Trinajstić information content (AvgIpc) is 2.62. The Hall–Kier alpha value is -0.120. The Bertz CT molecular complexity index is 253. The van der Waals surface area contributed by atoms with Gasteiger partial charge in [-0.2, -0.15) is 0 Å². The Morgan fingerprint density at radius 2 is 1.95 bits per heavy atom. The number of hydrogen-bond donors (Lipinski definition) is 1. The summed E-state index contributed by atoms with van der Waals surface area (Å²) < 4.78 is 5.36. The van der Waals surface area contributed by atoms with Crippen molar-refractivity contribution in [3.05, 3.63) is 0 Å². The van der Waals surface area contributed by atoms with Crippen molar-refractivity contribution in [1.82, 2.24) is 10.2 Å². The molecule has 0 spiro atoms. The maximum atomic E-state index is 5.36. The highest BCUT2D eigenvalue weighted by Crippen LogP contribution is 2.28. The summed E-state index contributed by atoms with van der Waals surface area (Å²) in [7, 11) is 1.82. The van der Waals surface area contributed by atoms with Crippen LogP contribution in [0.2, 0.25) is 0 Å². The highest BCUT2D eigenvalue weighted by atomic mass is 16.5. The molecule has 0 aromatic carbocycles. The summed E-state index contributed by atoms with van der Waals surface area (Å²) in [5.41, 5.74) is 0. The largest absolute Gasteiger partial charge is 0.383 e. The lowest BCUT2D eigenvalue weighted by atomic mass is 9.83. The number of rotatable bonds is 4. The first-order valence-corrected chi connectivity index (χ1v) is 8.20. The standard InChI is InChI=1S/C16H32N2O/c1-13-9-10-17-16(15-7-5-4-6-8-15)11-18(13)14(2)12-19-3/h13-17H,4-12H2,1-3H3. The number of methoxy groups -OCH3 is 1. The molecular weight excluding hydrogens is 236 g/mol. The molecule has 0 amide bonds. The van der Waals surface area contributed by atoms with Gasteiger partial charge in [-0.25, -0.2) is 0 Å². The lowest BCUT2D eigenvalue weighted by Crippen LogP contribution is -2.49. The molecule has 3 nitrogen and oxygen atoms in total. The lowest BCUT2D eigenvalue weighted by Gasteiger charge is -2.37. The van der Waals surface area contributed by atoms with Gasteiger partial charge in [-0.3, -0.25) is 4.90 Å². The third kappa shape index (κ3) is 4.17. The Balaban J connectivity index is 1.96. The van der Waals surface area contributed by atoms with Crippen molar-refractivity contribution >= 4 is 0 Å². The monoisotopic (exact) mass is 268 g/mol. The maximum Gasteiger partial charge on any atom is 0.0615 e. The minimum Gasteiger partial charge on any atom is -0.383 e. The topological polar surface area (TPSA) is 24.5 Å². The van der Waals surface area contributed by atoms with Gasteiger partial charge in [-0.15, -0.1) is 0 Å². The molecular formula is C16H32N2O. The predicted octanol–water partition coefficient (Wildman–Crippen LogP) is 2.65. The van der Waals surface area contributed by atoms with Gasteiger partial charge in [0.25, 0.3) is 0 Å². The molecule has 3 atom stereocenters. The molecule has 2 fully saturated rings. The van der Waals surface area contributed by atoms with Gasteiger partial charge in [0.2, 0.25) is 0 Å². The van der Waals surface area contributed by atoms with Gasteiger partial charge in [0.05, 0.1) is 6.61 Å². The van der Waals surface area contributed by atoms with Crippen molar-refractivity contribution in [1.29, 1.82) is 0 Å². The number of nitrogens with zero attached hydrogens (tertiary/aromatic N) is 1. The van der Waals surface area contributed by atoms with Crippen LogP contribution < -0.4 is 5.32 Å². The summed E-state index contributed by atoms with van der Waals surface area (Å²) in [6.45, 7) is 7.91. The fourth-order valence-electron chi connectivity index (χ4n) is 3.92. The first-order valence-electron chi connectivity index (χ1n) is 8.20. The molecule has 1 heterocycles. The summed E-state index contributed by atoms with van der Waals surface area (Å²) in [6.07, 6.45) is 8.44. The van der Waals surface area contributed by atoms with E-state index in [2.05, 4.69) is 24.1 Å². The molecule has 0 radical (unpaired) electrons. The van der Waals surface area contributed by atoms with E-state index in [0.717, 1.165) is 12.5 Å². The van der Waals surface area contributed by atoms with Crippen molar-refractivity contribution in [2.45, 2.75) is 70.5 Å². The van der Waals surface area contributed by atoms with E-state index in [1.807, 2.05) is 7.11 Å². The third-order valence-corrected chi connectivity index (χ3v) is 5.14. The molecule has 0 bridgehead atoms. The molecule has 0 aromatic heterocycles. The normalized spacial score (nSPS) is 33.0. The molecule has 19 heavy (non-hydrogen) atoms. The summed E-state index contributed by atoms with van der Waals surface area (Å²) in [4.78, 5) is 2.67. The zero-order valence-corrected chi connectivity index (χ0v) is 13.0. The molecule has 1 saturated heterocycles. The summed E-state index contributed by atoms with van der Waals surface area (Å²) in [5, 5.41) is 3.83. The van der Waals surface area contributed by atoms with Crippen LogP contribution >= 0.6 is 0 Å². The van der Waals surface area contributed by atoms with Gasteiger partial charge in [0.15, 0.2) is 0 Å². The van der Waals surface area contributed by atoms with Crippen LogP contribution in [0.5, 0.6) is 0 Å². The molecule has 112 valence electrons. The van der Waals surface area contributed by atoms with Crippen molar-refractivity contribution in [3.63, 3.8) is 0 Å². The molecule has 2 rings (SSSR count). The van der Waals surface area contributed by atoms with Gasteiger partial charge in [0.1, 0.15) is 0 Å². The minimum atomic E-state index is 0.533. The number of hydrogen-bond acceptors (Lipinski definition) is 3. The van der Waals surface area contributed by atoms with Crippen LogP contribution in [0.3, 0.4) is 0 Å². The van der Waals surface area contributed by atoms with Crippen molar-refractivity contribution < 1.29 is 4.74 Å². The SMILES string of the molecule is COCC(C)N1CC(C2CCCCC2)NCCC1C. The van der Waals surface area contributed by atoms with Crippen molar-refractivity contribution in [2.75, 3.05) is 26.8 Å². The van der Waals surface area contributed by atoms with Crippen LogP contribution in [-0.4, -0.2) is 49.8 Å². The van der Waals surface area contributed by atoms with E-state index in [1.54, 1.807) is 0 Å². The zero-order chi connectivity index (χ0) is 13.7. The highest BCUT2D eigenvalue weighted by Gasteiger charge is 2.31. The molecule has 1 N–H and O–H groups in total. The first-order chi connectivity index (χ1) is 9.22. The smallest absolute Gasteiger partial charge is 0.0615 e. The summed E-state index contributed by atoms with van der Waals surface area (Å²) in [5.74, 6) is 0.899. The molecule has 3 unspecified atom stereocenters. The van der Waals surface area contributed by atoms with E-state index < -0.39 is 0 Å². The van der Waals surface area contributed by atoms with Crippen LogP contribution in [0.25, 0.3) is 0 Å². The third-order valence-electron chi connectivity index (χ3n) is 5.14. The molecule has 1 saturated carbocycles. The van der Waals surface area contributed by atoms with E-state index in [-0.39, 0.29) is 0 Å². The first kappa shape index (κ1) is 15.3. The molecule has 3 heteroatoms. The minimum absolute atomic E-state index is 0.533. The van der Waals surface area contributed by atoms with Gasteiger partial charge in [-0.1, -0.05) is 19.3 Å². The Morgan fingerprint density at radius 3 is 2.63 bits per heavy atom. The molecule has 0 aromatic rings. The Morgan fingerprint density at radius 1 is 1.21 bits per heavy atom. The fourth-order valence-corrected chi connectivity index (χ4v) is 3.92. The predicted molar refractivity (Wildman–Crippen MR) is 80.5 cm³/mol. The van der Waals surface area contributed by atoms with Crippen LogP contribution in [-0.2, 0) is 4.74 Å². The van der Waals surface area contributed by atoms with Gasteiger partial charge in [0, 0.05) is 31.8 Å². The van der Waals surface area contributed by atoms with Gasteiger partial charge in [-0.05, 0) is 45.6 Å². The Kier molecular flexibility index (Phi) is 6.11. The summed E-state index contributed by atoms with van der Waals surface area (Å²) >= 11 is 0. The van der Waals surface area contributed by atoms with Crippen LogP contribution in [0.4, 0.5) is 0 Å². The fraction of sp³-hybridized carbons (Fsp3) is 1.00. The number of ether oxygens (including phenoxy) is 1. The number of nitrogens with one attached hydrogen (secondary N) is 1. The lowest BCUT2D eigenvalue weighted by molar-refractivity contribution is 0.0662. The quantitative estimate of drug-likeness (QED) is 0.848. The van der Waals surface area contributed by atoms with Crippen LogP contribution in [0, 0.1) is 5.92 Å². The van der Waals surface area contributed by atoms with Crippen molar-refractivity contribution in [2.24, 2.45) is 5.92 Å². The molecule has 2 aliphatic rings.